The number of aromatic nitrogens is 2. The first-order valence-corrected chi connectivity index (χ1v) is 8.50. The van der Waals surface area contributed by atoms with Crippen molar-refractivity contribution in [3.63, 3.8) is 0 Å². The number of halogens is 1. The van der Waals surface area contributed by atoms with Crippen LogP contribution in [0.4, 0.5) is 21.8 Å². The maximum absolute atomic E-state index is 12.9. The third-order valence-electron chi connectivity index (χ3n) is 4.03. The van der Waals surface area contributed by atoms with Crippen LogP contribution in [0.1, 0.15) is 12.8 Å². The van der Waals surface area contributed by atoms with E-state index in [-0.39, 0.29) is 18.3 Å². The third kappa shape index (κ3) is 4.38. The van der Waals surface area contributed by atoms with Gasteiger partial charge in [-0.1, -0.05) is 0 Å². The lowest BCUT2D eigenvalue weighted by Gasteiger charge is -2.21. The molecular weight excluding hydrogens is 337 g/mol. The summed E-state index contributed by atoms with van der Waals surface area (Å²) in [5.74, 6) is 1.04. The van der Waals surface area contributed by atoms with Crippen LogP contribution in [-0.4, -0.2) is 49.7 Å². The lowest BCUT2D eigenvalue weighted by atomic mass is 10.3. The number of anilines is 3. The number of amides is 1. The van der Waals surface area contributed by atoms with Gasteiger partial charge in [-0.2, -0.15) is 4.98 Å². The van der Waals surface area contributed by atoms with E-state index in [9.17, 15) is 9.18 Å². The van der Waals surface area contributed by atoms with Crippen molar-refractivity contribution >= 4 is 23.4 Å². The smallest absolute Gasteiger partial charge is 0.262 e. The molecule has 138 valence electrons. The highest BCUT2D eigenvalue weighted by atomic mass is 19.1. The second-order valence-corrected chi connectivity index (χ2v) is 6.29. The van der Waals surface area contributed by atoms with E-state index in [1.165, 1.54) is 24.3 Å². The summed E-state index contributed by atoms with van der Waals surface area (Å²) in [6, 6.07) is 5.51. The average Bonchev–Trinajstić information content (AvgIpc) is 3.16. The molecular formula is C18H22FN5O2. The molecule has 3 rings (SSSR count). The lowest BCUT2D eigenvalue weighted by molar-refractivity contribution is -0.118. The average molecular weight is 359 g/mol. The van der Waals surface area contributed by atoms with E-state index in [1.807, 2.05) is 19.0 Å². The number of rotatable bonds is 6. The Labute approximate surface area is 151 Å². The molecule has 1 amide bonds. The lowest BCUT2D eigenvalue weighted by Crippen LogP contribution is -2.25. The molecule has 1 saturated heterocycles. The van der Waals surface area contributed by atoms with Gasteiger partial charge in [-0.05, 0) is 37.1 Å². The predicted octanol–water partition coefficient (Wildman–Crippen LogP) is 2.30. The molecule has 8 heteroatoms. The molecule has 0 atom stereocenters. The summed E-state index contributed by atoms with van der Waals surface area (Å²) in [5, 5.41) is 2.77. The maximum atomic E-state index is 12.9. The van der Waals surface area contributed by atoms with E-state index >= 15 is 0 Å². The Kier molecular flexibility index (Phi) is 5.50. The van der Waals surface area contributed by atoms with Gasteiger partial charge in [-0.15, -0.1) is 0 Å². The highest BCUT2D eigenvalue weighted by Gasteiger charge is 2.18. The monoisotopic (exact) mass is 359 g/mol. The molecule has 1 aromatic heterocycles. The molecule has 0 radical (unpaired) electrons. The van der Waals surface area contributed by atoms with E-state index in [4.69, 9.17) is 4.74 Å². The van der Waals surface area contributed by atoms with E-state index < -0.39 is 0 Å². The normalized spacial score (nSPS) is 13.6. The Balaban J connectivity index is 1.65. The Morgan fingerprint density at radius 3 is 2.62 bits per heavy atom. The Hall–Kier alpha value is -2.90. The molecule has 2 heterocycles. The van der Waals surface area contributed by atoms with Gasteiger partial charge in [0.25, 0.3) is 5.91 Å². The minimum absolute atomic E-state index is 0.188. The first-order chi connectivity index (χ1) is 12.5. The molecule has 1 aromatic carbocycles. The fourth-order valence-electron chi connectivity index (χ4n) is 2.73. The van der Waals surface area contributed by atoms with Crippen molar-refractivity contribution in [3.8, 4) is 5.75 Å². The van der Waals surface area contributed by atoms with Gasteiger partial charge in [0.1, 0.15) is 17.3 Å². The zero-order valence-electron chi connectivity index (χ0n) is 14.9. The summed E-state index contributed by atoms with van der Waals surface area (Å²) in [6.07, 6.45) is 3.89. The van der Waals surface area contributed by atoms with Gasteiger partial charge >= 0.3 is 0 Å². The molecule has 1 fully saturated rings. The summed E-state index contributed by atoms with van der Waals surface area (Å²) < 4.78 is 18.2. The van der Waals surface area contributed by atoms with Gasteiger partial charge in [-0.3, -0.25) is 4.79 Å². The minimum Gasteiger partial charge on any atom is -0.484 e. The van der Waals surface area contributed by atoms with Gasteiger partial charge in [0, 0.05) is 27.2 Å². The Bertz CT molecular complexity index is 761. The van der Waals surface area contributed by atoms with Crippen LogP contribution < -0.4 is 19.9 Å². The highest BCUT2D eigenvalue weighted by molar-refractivity contribution is 5.94. The van der Waals surface area contributed by atoms with Crippen molar-refractivity contribution in [2.75, 3.05) is 48.9 Å². The molecule has 1 aliphatic rings. The quantitative estimate of drug-likeness (QED) is 0.853. The van der Waals surface area contributed by atoms with E-state index in [2.05, 4.69) is 20.2 Å². The van der Waals surface area contributed by atoms with Crippen LogP contribution >= 0.6 is 0 Å². The molecule has 7 nitrogen and oxygen atoms in total. The Morgan fingerprint density at radius 2 is 1.96 bits per heavy atom. The molecule has 1 aliphatic heterocycles. The first kappa shape index (κ1) is 17.9. The number of nitrogens with zero attached hydrogens (tertiary/aromatic N) is 4. The summed E-state index contributed by atoms with van der Waals surface area (Å²) in [5.41, 5.74) is 0.519. The summed E-state index contributed by atoms with van der Waals surface area (Å²) in [4.78, 5) is 25.1. The fourth-order valence-corrected chi connectivity index (χ4v) is 2.73. The van der Waals surface area contributed by atoms with Crippen LogP contribution in [0.15, 0.2) is 30.5 Å². The largest absolute Gasteiger partial charge is 0.484 e. The van der Waals surface area contributed by atoms with Crippen molar-refractivity contribution in [2.45, 2.75) is 12.8 Å². The van der Waals surface area contributed by atoms with Crippen LogP contribution in [0, 0.1) is 5.82 Å². The number of carbonyl (C=O) groups is 1. The van der Waals surface area contributed by atoms with E-state index in [1.54, 1.807) is 6.20 Å². The first-order valence-electron chi connectivity index (χ1n) is 8.50. The van der Waals surface area contributed by atoms with Crippen molar-refractivity contribution in [1.82, 2.24) is 9.97 Å². The predicted molar refractivity (Wildman–Crippen MR) is 98.3 cm³/mol. The molecule has 0 unspecified atom stereocenters. The molecule has 2 aromatic rings. The fraction of sp³-hybridized carbons (Fsp3) is 0.389. The van der Waals surface area contributed by atoms with Crippen LogP contribution in [0.3, 0.4) is 0 Å². The Morgan fingerprint density at radius 1 is 1.27 bits per heavy atom. The van der Waals surface area contributed by atoms with Crippen LogP contribution in [0.25, 0.3) is 0 Å². The topological polar surface area (TPSA) is 70.6 Å². The van der Waals surface area contributed by atoms with Crippen LogP contribution in [0.5, 0.6) is 5.75 Å². The number of carbonyl (C=O) groups excluding carboxylic acids is 1. The summed E-state index contributed by atoms with van der Waals surface area (Å²) in [7, 11) is 3.72. The SMILES string of the molecule is CN(C)c1nc(N2CCCC2)ncc1NC(=O)COc1ccc(F)cc1. The molecule has 26 heavy (non-hydrogen) atoms. The van der Waals surface area contributed by atoms with Gasteiger partial charge in [0.05, 0.1) is 6.20 Å². The van der Waals surface area contributed by atoms with E-state index in [0.29, 0.717) is 23.2 Å². The molecule has 1 N–H and O–H groups in total. The molecule has 0 aliphatic carbocycles. The summed E-state index contributed by atoms with van der Waals surface area (Å²) >= 11 is 0. The number of hydrogen-bond acceptors (Lipinski definition) is 6. The maximum Gasteiger partial charge on any atom is 0.262 e. The minimum atomic E-state index is -0.354. The molecule has 0 saturated carbocycles. The van der Waals surface area contributed by atoms with Gasteiger partial charge in [0.2, 0.25) is 5.95 Å². The highest BCUT2D eigenvalue weighted by Crippen LogP contribution is 2.25. The number of ether oxygens (including phenoxy) is 1. The molecule has 0 spiro atoms. The standard InChI is InChI=1S/C18H22FN5O2/c1-23(2)17-15(11-20-18(22-17)24-9-3-4-10-24)21-16(25)12-26-14-7-5-13(19)6-8-14/h5-8,11H,3-4,9-10,12H2,1-2H3,(H,21,25). The van der Waals surface area contributed by atoms with Crippen molar-refractivity contribution in [2.24, 2.45) is 0 Å². The van der Waals surface area contributed by atoms with Crippen molar-refractivity contribution in [1.29, 1.82) is 0 Å². The van der Waals surface area contributed by atoms with Gasteiger partial charge in [0.15, 0.2) is 12.4 Å². The van der Waals surface area contributed by atoms with Crippen LogP contribution in [0.2, 0.25) is 0 Å². The zero-order valence-corrected chi connectivity index (χ0v) is 14.9. The van der Waals surface area contributed by atoms with Crippen molar-refractivity contribution in [3.05, 3.63) is 36.3 Å². The second kappa shape index (κ2) is 7.99. The molecule has 0 bridgehead atoms. The zero-order chi connectivity index (χ0) is 18.5. The van der Waals surface area contributed by atoms with Crippen LogP contribution in [-0.2, 0) is 4.79 Å². The summed E-state index contributed by atoms with van der Waals surface area (Å²) in [6.45, 7) is 1.71. The third-order valence-corrected chi connectivity index (χ3v) is 4.03. The number of hydrogen-bond donors (Lipinski definition) is 1. The second-order valence-electron chi connectivity index (χ2n) is 6.29. The number of nitrogens with one attached hydrogen (secondary N) is 1. The van der Waals surface area contributed by atoms with Crippen molar-refractivity contribution < 1.29 is 13.9 Å². The van der Waals surface area contributed by atoms with Gasteiger partial charge in [-0.25, -0.2) is 9.37 Å². The van der Waals surface area contributed by atoms with E-state index in [0.717, 1.165) is 25.9 Å². The number of benzene rings is 1. The van der Waals surface area contributed by atoms with Gasteiger partial charge < -0.3 is 19.9 Å².